The van der Waals surface area contributed by atoms with Crippen molar-refractivity contribution in [3.8, 4) is 0 Å². The first-order valence-corrected chi connectivity index (χ1v) is 9.48. The summed E-state index contributed by atoms with van der Waals surface area (Å²) in [6, 6.07) is 7.00. The van der Waals surface area contributed by atoms with E-state index < -0.39 is 0 Å². The zero-order chi connectivity index (χ0) is 18.7. The number of para-hydroxylation sites is 2. The summed E-state index contributed by atoms with van der Waals surface area (Å²) >= 11 is 1.22. The molecule has 0 fully saturated rings. The van der Waals surface area contributed by atoms with Gasteiger partial charge in [-0.1, -0.05) is 30.8 Å². The smallest absolute Gasteiger partial charge is 0.324 e. The summed E-state index contributed by atoms with van der Waals surface area (Å²) in [6.45, 7) is 4.37. The highest BCUT2D eigenvalue weighted by molar-refractivity contribution is 7.99. The molecule has 2 aromatic rings. The van der Waals surface area contributed by atoms with Gasteiger partial charge in [0.1, 0.15) is 0 Å². The van der Waals surface area contributed by atoms with Crippen LogP contribution in [0, 0.1) is 0 Å². The molecular weight excluding hydrogens is 354 g/mol. The molecule has 1 aromatic heterocycles. The van der Waals surface area contributed by atoms with Crippen molar-refractivity contribution in [1.29, 1.82) is 0 Å². The molecule has 0 aliphatic carbocycles. The molecule has 9 heteroatoms. The molecule has 0 saturated carbocycles. The fourth-order valence-corrected chi connectivity index (χ4v) is 3.83. The molecule has 8 nitrogen and oxygen atoms in total. The number of anilines is 2. The van der Waals surface area contributed by atoms with Crippen LogP contribution < -0.4 is 15.9 Å². The van der Waals surface area contributed by atoms with Gasteiger partial charge in [0.05, 0.1) is 17.1 Å². The van der Waals surface area contributed by atoms with Crippen LogP contribution in [0.5, 0.6) is 0 Å². The van der Waals surface area contributed by atoms with E-state index in [9.17, 15) is 14.4 Å². The lowest BCUT2D eigenvalue weighted by molar-refractivity contribution is -0.117. The van der Waals surface area contributed by atoms with Gasteiger partial charge in [-0.3, -0.25) is 14.2 Å². The fourth-order valence-electron chi connectivity index (χ4n) is 3.00. The van der Waals surface area contributed by atoms with E-state index in [0.29, 0.717) is 23.1 Å². The minimum Gasteiger partial charge on any atom is -0.324 e. The molecule has 3 rings (SSSR count). The van der Waals surface area contributed by atoms with Crippen molar-refractivity contribution in [2.75, 3.05) is 16.0 Å². The summed E-state index contributed by atoms with van der Waals surface area (Å²) in [4.78, 5) is 38.3. The number of hydrogen-bond acceptors (Lipinski definition) is 5. The molecular formula is C17H21N5O3S. The van der Waals surface area contributed by atoms with Crippen molar-refractivity contribution >= 4 is 35.0 Å². The molecule has 1 atom stereocenters. The predicted octanol–water partition coefficient (Wildman–Crippen LogP) is 1.84. The number of hydrogen-bond donors (Lipinski definition) is 2. The van der Waals surface area contributed by atoms with Gasteiger partial charge >= 0.3 is 5.69 Å². The molecule has 26 heavy (non-hydrogen) atoms. The van der Waals surface area contributed by atoms with Crippen molar-refractivity contribution < 1.29 is 9.59 Å². The Labute approximate surface area is 155 Å². The van der Waals surface area contributed by atoms with E-state index in [1.165, 1.54) is 16.3 Å². The van der Waals surface area contributed by atoms with Crippen LogP contribution in [0.3, 0.4) is 0 Å². The predicted molar refractivity (Wildman–Crippen MR) is 100 cm³/mol. The molecule has 1 aliphatic rings. The summed E-state index contributed by atoms with van der Waals surface area (Å²) in [5.41, 5.74) is 1.04. The summed E-state index contributed by atoms with van der Waals surface area (Å²) < 4.78 is 1.53. The summed E-state index contributed by atoms with van der Waals surface area (Å²) in [7, 11) is 0. The van der Waals surface area contributed by atoms with E-state index in [0.717, 1.165) is 6.42 Å². The Morgan fingerprint density at radius 1 is 1.35 bits per heavy atom. The summed E-state index contributed by atoms with van der Waals surface area (Å²) in [5, 5.41) is 9.75. The Balaban J connectivity index is 1.81. The molecule has 138 valence electrons. The molecule has 2 amide bonds. The molecule has 0 bridgehead atoms. The van der Waals surface area contributed by atoms with Gasteiger partial charge in [0.25, 0.3) is 0 Å². The van der Waals surface area contributed by atoms with Crippen molar-refractivity contribution in [2.45, 2.75) is 44.4 Å². The lowest BCUT2D eigenvalue weighted by Crippen LogP contribution is -2.40. The largest absolute Gasteiger partial charge is 0.343 e. The maximum atomic E-state index is 12.9. The van der Waals surface area contributed by atoms with Crippen LogP contribution >= 0.6 is 11.8 Å². The number of rotatable bonds is 5. The second-order valence-electron chi connectivity index (χ2n) is 6.13. The molecule has 2 heterocycles. The minimum atomic E-state index is -0.273. The Hall–Kier alpha value is -2.55. The maximum Gasteiger partial charge on any atom is 0.343 e. The number of carbonyl (C=O) groups is 2. The molecule has 1 unspecified atom stereocenters. The number of thioether (sulfide) groups is 1. The number of aromatic amines is 1. The van der Waals surface area contributed by atoms with Crippen molar-refractivity contribution in [2.24, 2.45) is 0 Å². The van der Waals surface area contributed by atoms with Gasteiger partial charge in [0.15, 0.2) is 5.16 Å². The van der Waals surface area contributed by atoms with Crippen LogP contribution in [0.25, 0.3) is 0 Å². The lowest BCUT2D eigenvalue weighted by atomic mass is 10.2. The topological polar surface area (TPSA) is 100 Å². The Kier molecular flexibility index (Phi) is 5.46. The van der Waals surface area contributed by atoms with Crippen molar-refractivity contribution in [3.63, 3.8) is 0 Å². The van der Waals surface area contributed by atoms with E-state index in [1.54, 1.807) is 11.0 Å². The Bertz CT molecular complexity index is 875. The highest BCUT2D eigenvalue weighted by atomic mass is 32.2. The van der Waals surface area contributed by atoms with Crippen LogP contribution in [0.2, 0.25) is 0 Å². The van der Waals surface area contributed by atoms with Gasteiger partial charge in [0.2, 0.25) is 11.8 Å². The average Bonchev–Trinajstić information content (AvgIpc) is 2.88. The minimum absolute atomic E-state index is 0.114. The quantitative estimate of drug-likeness (QED) is 0.777. The normalized spacial score (nSPS) is 16.8. The van der Waals surface area contributed by atoms with Crippen LogP contribution in [0.15, 0.2) is 34.2 Å². The number of amides is 2. The second-order valence-corrected chi connectivity index (χ2v) is 7.08. The first kappa shape index (κ1) is 18.2. The third-order valence-electron chi connectivity index (χ3n) is 4.12. The second kappa shape index (κ2) is 7.77. The monoisotopic (exact) mass is 375 g/mol. The number of nitrogens with zero attached hydrogens (tertiary/aromatic N) is 3. The van der Waals surface area contributed by atoms with Crippen molar-refractivity contribution in [1.82, 2.24) is 14.8 Å². The third-order valence-corrected chi connectivity index (χ3v) is 5.08. The third kappa shape index (κ3) is 3.67. The lowest BCUT2D eigenvalue weighted by Gasteiger charge is -2.27. The van der Waals surface area contributed by atoms with Crippen LogP contribution in [-0.2, 0) is 16.1 Å². The van der Waals surface area contributed by atoms with E-state index in [2.05, 4.69) is 15.5 Å². The molecule has 1 aliphatic heterocycles. The van der Waals surface area contributed by atoms with Gasteiger partial charge < -0.3 is 10.2 Å². The number of nitrogens with one attached hydrogen (secondary N) is 2. The van der Waals surface area contributed by atoms with Gasteiger partial charge in [0, 0.05) is 19.0 Å². The van der Waals surface area contributed by atoms with Gasteiger partial charge in [-0.05, 0) is 25.5 Å². The first-order chi connectivity index (χ1) is 12.5. The highest BCUT2D eigenvalue weighted by Gasteiger charge is 2.29. The van der Waals surface area contributed by atoms with Gasteiger partial charge in [-0.2, -0.15) is 0 Å². The molecule has 2 N–H and O–H groups in total. The van der Waals surface area contributed by atoms with E-state index in [-0.39, 0.29) is 35.7 Å². The molecule has 0 saturated heterocycles. The van der Waals surface area contributed by atoms with Crippen LogP contribution in [-0.4, -0.2) is 38.4 Å². The number of carbonyl (C=O) groups excluding carboxylic acids is 2. The van der Waals surface area contributed by atoms with Crippen molar-refractivity contribution in [3.05, 3.63) is 34.7 Å². The molecule has 0 radical (unpaired) electrons. The van der Waals surface area contributed by atoms with E-state index >= 15 is 0 Å². The standard InChI is InChI=1S/C17H21N5O3S/c1-3-8-21-16(25)19-20-17(21)26-10-15(24)22-11(2)9-14(23)18-12-6-4-5-7-13(12)22/h4-7,11H,3,8-10H2,1-2H3,(H,18,23)(H,19,25). The Morgan fingerprint density at radius 3 is 2.88 bits per heavy atom. The number of aromatic nitrogens is 3. The molecule has 1 aromatic carbocycles. The Morgan fingerprint density at radius 2 is 2.12 bits per heavy atom. The highest BCUT2D eigenvalue weighted by Crippen LogP contribution is 2.32. The summed E-state index contributed by atoms with van der Waals surface area (Å²) in [5.74, 6) is -0.122. The number of fused-ring (bicyclic) bond motifs is 1. The zero-order valence-corrected chi connectivity index (χ0v) is 15.5. The average molecular weight is 375 g/mol. The van der Waals surface area contributed by atoms with Gasteiger partial charge in [-0.25, -0.2) is 9.89 Å². The summed E-state index contributed by atoms with van der Waals surface area (Å²) in [6.07, 6.45) is 1.03. The van der Waals surface area contributed by atoms with E-state index in [4.69, 9.17) is 0 Å². The zero-order valence-electron chi connectivity index (χ0n) is 14.7. The SMILES string of the molecule is CCCn1c(SCC(=O)N2c3ccccc3NC(=O)CC2C)n[nH]c1=O. The number of H-pyrrole nitrogens is 1. The fraction of sp³-hybridized carbons (Fsp3) is 0.412. The van der Waals surface area contributed by atoms with Crippen LogP contribution in [0.4, 0.5) is 11.4 Å². The van der Waals surface area contributed by atoms with Crippen LogP contribution in [0.1, 0.15) is 26.7 Å². The maximum absolute atomic E-state index is 12.9. The first-order valence-electron chi connectivity index (χ1n) is 8.50. The number of benzene rings is 1. The van der Waals surface area contributed by atoms with E-state index in [1.807, 2.05) is 32.0 Å². The molecule has 0 spiro atoms. The van der Waals surface area contributed by atoms with Gasteiger partial charge in [-0.15, -0.1) is 5.10 Å².